The van der Waals surface area contributed by atoms with Crippen molar-refractivity contribution in [1.82, 2.24) is 4.57 Å². The number of carboxylic acid groups (broad SMARTS) is 1. The van der Waals surface area contributed by atoms with Gasteiger partial charge < -0.3 is 10.4 Å². The molecule has 0 radical (unpaired) electrons. The lowest BCUT2D eigenvalue weighted by atomic mass is 9.96. The summed E-state index contributed by atoms with van der Waals surface area (Å²) in [6.07, 6.45) is 3.94. The molecule has 0 unspecified atom stereocenters. The molecule has 2 N–H and O–H groups in total. The van der Waals surface area contributed by atoms with E-state index in [1.54, 1.807) is 12.1 Å². The predicted molar refractivity (Wildman–Crippen MR) is 122 cm³/mol. The normalized spacial score (nSPS) is 13.0. The number of amides is 1. The largest absolute Gasteiger partial charge is 0.481 e. The SMILES string of the molecule is O=C(O)CCC(=O)Nc1cccc(SCC(=O)n2c3c(c4ccccc42)CCCC3)c1. The van der Waals surface area contributed by atoms with Crippen LogP contribution in [0.2, 0.25) is 0 Å². The molecule has 0 saturated heterocycles. The van der Waals surface area contributed by atoms with Crippen LogP contribution in [0.15, 0.2) is 53.4 Å². The van der Waals surface area contributed by atoms with Crippen LogP contribution in [0.4, 0.5) is 5.69 Å². The van der Waals surface area contributed by atoms with Gasteiger partial charge in [-0.3, -0.25) is 19.0 Å². The van der Waals surface area contributed by atoms with Crippen molar-refractivity contribution in [3.05, 3.63) is 59.8 Å². The molecule has 0 saturated carbocycles. The van der Waals surface area contributed by atoms with Gasteiger partial charge in [-0.2, -0.15) is 0 Å². The van der Waals surface area contributed by atoms with E-state index in [9.17, 15) is 14.4 Å². The van der Waals surface area contributed by atoms with E-state index in [1.165, 1.54) is 22.7 Å². The standard InChI is InChI=1S/C24H24N2O4S/c27-22(12-13-24(29)30)25-16-6-5-7-17(14-16)31-15-23(28)26-20-10-3-1-8-18(20)19-9-2-4-11-21(19)26/h1,3,5-8,10,14H,2,4,9,11-13,15H2,(H,25,27)(H,29,30). The van der Waals surface area contributed by atoms with Crippen molar-refractivity contribution in [2.45, 2.75) is 43.4 Å². The number of nitrogens with zero attached hydrogens (tertiary/aromatic N) is 1. The third kappa shape index (κ3) is 4.82. The quantitative estimate of drug-likeness (QED) is 0.522. The Morgan fingerprint density at radius 1 is 1.00 bits per heavy atom. The summed E-state index contributed by atoms with van der Waals surface area (Å²) < 4.78 is 1.90. The maximum absolute atomic E-state index is 13.2. The first-order valence-electron chi connectivity index (χ1n) is 10.4. The third-order valence-electron chi connectivity index (χ3n) is 5.47. The number of thioether (sulfide) groups is 1. The van der Waals surface area contributed by atoms with Gasteiger partial charge in [-0.15, -0.1) is 11.8 Å². The molecule has 1 heterocycles. The van der Waals surface area contributed by atoms with Crippen LogP contribution in [0.3, 0.4) is 0 Å². The molecule has 0 fully saturated rings. The van der Waals surface area contributed by atoms with Gasteiger partial charge in [0.25, 0.3) is 0 Å². The van der Waals surface area contributed by atoms with Gasteiger partial charge in [0.2, 0.25) is 11.8 Å². The van der Waals surface area contributed by atoms with Crippen LogP contribution < -0.4 is 5.32 Å². The number of aryl methyl sites for hydroxylation is 1. The monoisotopic (exact) mass is 436 g/mol. The smallest absolute Gasteiger partial charge is 0.303 e. The van der Waals surface area contributed by atoms with Crippen LogP contribution in [0.5, 0.6) is 0 Å². The van der Waals surface area contributed by atoms with E-state index in [-0.39, 0.29) is 24.7 Å². The number of carbonyl (C=O) groups excluding carboxylic acids is 2. The molecule has 7 heteroatoms. The van der Waals surface area contributed by atoms with Gasteiger partial charge in [-0.05, 0) is 55.5 Å². The minimum absolute atomic E-state index is 0.0558. The van der Waals surface area contributed by atoms with E-state index in [0.717, 1.165) is 41.8 Å². The summed E-state index contributed by atoms with van der Waals surface area (Å²) in [7, 11) is 0. The molecule has 6 nitrogen and oxygen atoms in total. The highest BCUT2D eigenvalue weighted by Crippen LogP contribution is 2.33. The van der Waals surface area contributed by atoms with E-state index in [2.05, 4.69) is 11.4 Å². The number of hydrogen-bond donors (Lipinski definition) is 2. The van der Waals surface area contributed by atoms with Crippen molar-refractivity contribution in [2.24, 2.45) is 0 Å². The van der Waals surface area contributed by atoms with Gasteiger partial charge in [0, 0.05) is 28.1 Å². The zero-order valence-electron chi connectivity index (χ0n) is 17.1. The zero-order chi connectivity index (χ0) is 21.8. The molecule has 0 spiro atoms. The Balaban J connectivity index is 1.46. The maximum Gasteiger partial charge on any atom is 0.303 e. The number of rotatable bonds is 7. The fraction of sp³-hybridized carbons (Fsp3) is 0.292. The highest BCUT2D eigenvalue weighted by molar-refractivity contribution is 8.00. The van der Waals surface area contributed by atoms with Crippen molar-refractivity contribution in [3.63, 3.8) is 0 Å². The summed E-state index contributed by atoms with van der Waals surface area (Å²) in [4.78, 5) is 36.5. The lowest BCUT2D eigenvalue weighted by Crippen LogP contribution is -2.18. The van der Waals surface area contributed by atoms with Crippen LogP contribution in [-0.4, -0.2) is 33.2 Å². The molecule has 1 aliphatic carbocycles. The van der Waals surface area contributed by atoms with E-state index in [4.69, 9.17) is 5.11 Å². The van der Waals surface area contributed by atoms with Crippen molar-refractivity contribution in [1.29, 1.82) is 0 Å². The van der Waals surface area contributed by atoms with Crippen LogP contribution >= 0.6 is 11.8 Å². The van der Waals surface area contributed by atoms with Gasteiger partial charge in [-0.1, -0.05) is 24.3 Å². The van der Waals surface area contributed by atoms with E-state index >= 15 is 0 Å². The molecule has 31 heavy (non-hydrogen) atoms. The van der Waals surface area contributed by atoms with E-state index in [1.807, 2.05) is 34.9 Å². The number of carboxylic acids is 1. The van der Waals surface area contributed by atoms with Gasteiger partial charge in [0.15, 0.2) is 0 Å². The molecule has 160 valence electrons. The molecular formula is C24H24N2O4S. The number of aliphatic carboxylic acids is 1. The molecule has 3 aromatic rings. The van der Waals surface area contributed by atoms with Gasteiger partial charge >= 0.3 is 5.97 Å². The van der Waals surface area contributed by atoms with Crippen molar-refractivity contribution >= 4 is 46.1 Å². The first-order chi connectivity index (χ1) is 15.0. The number of para-hydroxylation sites is 1. The molecule has 1 aromatic heterocycles. The summed E-state index contributed by atoms with van der Waals surface area (Å²) in [5.41, 5.74) is 4.04. The first-order valence-corrected chi connectivity index (χ1v) is 11.4. The first kappa shape index (κ1) is 21.2. The second-order valence-corrected chi connectivity index (χ2v) is 8.69. The Morgan fingerprint density at radius 2 is 1.81 bits per heavy atom. The molecule has 0 atom stereocenters. The fourth-order valence-corrected chi connectivity index (χ4v) is 4.90. The summed E-state index contributed by atoms with van der Waals surface area (Å²) in [6.45, 7) is 0. The highest BCUT2D eigenvalue weighted by atomic mass is 32.2. The van der Waals surface area contributed by atoms with Crippen LogP contribution in [0.25, 0.3) is 10.9 Å². The van der Waals surface area contributed by atoms with E-state index in [0.29, 0.717) is 11.4 Å². The van der Waals surface area contributed by atoms with Crippen LogP contribution in [0.1, 0.15) is 41.7 Å². The van der Waals surface area contributed by atoms with Crippen LogP contribution in [-0.2, 0) is 22.4 Å². The van der Waals surface area contributed by atoms with Crippen molar-refractivity contribution < 1.29 is 19.5 Å². The molecule has 0 bridgehead atoms. The van der Waals surface area contributed by atoms with Gasteiger partial charge in [0.1, 0.15) is 0 Å². The Labute approximate surface area is 184 Å². The summed E-state index contributed by atoms with van der Waals surface area (Å²) in [5, 5.41) is 12.6. The number of benzene rings is 2. The number of anilines is 1. The lowest BCUT2D eigenvalue weighted by molar-refractivity contribution is -0.138. The zero-order valence-corrected chi connectivity index (χ0v) is 17.9. The predicted octanol–water partition coefficient (Wildman–Crippen LogP) is 4.76. The molecular weight excluding hydrogens is 412 g/mol. The number of aromatic nitrogens is 1. The molecule has 0 aliphatic heterocycles. The van der Waals surface area contributed by atoms with Gasteiger partial charge in [0.05, 0.1) is 17.7 Å². The minimum atomic E-state index is -1.00. The fourth-order valence-electron chi connectivity index (χ4n) is 4.10. The number of nitrogens with one attached hydrogen (secondary N) is 1. The molecule has 4 rings (SSSR count). The molecule has 2 aromatic carbocycles. The van der Waals surface area contributed by atoms with Crippen LogP contribution in [0, 0.1) is 0 Å². The number of fused-ring (bicyclic) bond motifs is 3. The average molecular weight is 437 g/mol. The molecule has 1 aliphatic rings. The summed E-state index contributed by atoms with van der Waals surface area (Å²) >= 11 is 1.43. The second-order valence-electron chi connectivity index (χ2n) is 7.64. The molecule has 1 amide bonds. The summed E-state index contributed by atoms with van der Waals surface area (Å²) in [6, 6.07) is 15.4. The highest BCUT2D eigenvalue weighted by Gasteiger charge is 2.23. The minimum Gasteiger partial charge on any atom is -0.481 e. The summed E-state index contributed by atoms with van der Waals surface area (Å²) in [5.74, 6) is -0.995. The van der Waals surface area contributed by atoms with Crippen molar-refractivity contribution in [3.8, 4) is 0 Å². The Kier molecular flexibility index (Phi) is 6.42. The van der Waals surface area contributed by atoms with Gasteiger partial charge in [-0.25, -0.2) is 0 Å². The van der Waals surface area contributed by atoms with Crippen molar-refractivity contribution in [2.75, 3.05) is 11.1 Å². The maximum atomic E-state index is 13.2. The number of carbonyl (C=O) groups is 3. The number of hydrogen-bond acceptors (Lipinski definition) is 4. The lowest BCUT2D eigenvalue weighted by Gasteiger charge is -2.15. The third-order valence-corrected chi connectivity index (χ3v) is 6.45. The Hall–Kier alpha value is -3.06. The average Bonchev–Trinajstić information content (AvgIpc) is 3.11. The Morgan fingerprint density at radius 3 is 2.65 bits per heavy atom. The topological polar surface area (TPSA) is 88.4 Å². The van der Waals surface area contributed by atoms with E-state index < -0.39 is 5.97 Å². The second kappa shape index (κ2) is 9.39. The Bertz CT molecular complexity index is 1150.